The smallest absolute Gasteiger partial charge is 0.188 e. The van der Waals surface area contributed by atoms with Gasteiger partial charge in [0.15, 0.2) is 13.6 Å². The summed E-state index contributed by atoms with van der Waals surface area (Å²) in [6, 6.07) is 18.7. The van der Waals surface area contributed by atoms with Gasteiger partial charge in [-0.25, -0.2) is 0 Å². The fourth-order valence-corrected chi connectivity index (χ4v) is 3.79. The summed E-state index contributed by atoms with van der Waals surface area (Å²) in [4.78, 5) is 2.18. The van der Waals surface area contributed by atoms with Crippen molar-refractivity contribution in [1.82, 2.24) is 0 Å². The van der Waals surface area contributed by atoms with Gasteiger partial charge in [-0.1, -0.05) is 30.3 Å². The van der Waals surface area contributed by atoms with Crippen LogP contribution in [-0.4, -0.2) is 27.8 Å². The predicted molar refractivity (Wildman–Crippen MR) is 125 cm³/mol. The van der Waals surface area contributed by atoms with Crippen molar-refractivity contribution in [3.8, 4) is 11.5 Å². The zero-order valence-electron chi connectivity index (χ0n) is 19.2. The van der Waals surface area contributed by atoms with Gasteiger partial charge in [-0.05, 0) is 74.2 Å². The highest BCUT2D eigenvalue weighted by atomic mass is 16.7. The second-order valence-electron chi connectivity index (χ2n) is 7.63. The average Bonchev–Trinajstić information content (AvgIpc) is 2.73. The first-order chi connectivity index (χ1) is 15.0. The maximum atomic E-state index is 6.05. The van der Waals surface area contributed by atoms with Crippen LogP contribution in [0.3, 0.4) is 0 Å². The van der Waals surface area contributed by atoms with Crippen LogP contribution in [-0.2, 0) is 9.47 Å². The molecule has 0 radical (unpaired) electrons. The van der Waals surface area contributed by atoms with E-state index in [9.17, 15) is 0 Å². The Labute approximate surface area is 185 Å². The van der Waals surface area contributed by atoms with E-state index in [1.165, 1.54) is 0 Å². The third-order valence-electron chi connectivity index (χ3n) is 4.94. The molecular formula is C26H31NO4. The molecule has 0 fully saturated rings. The van der Waals surface area contributed by atoms with Crippen molar-refractivity contribution in [2.75, 3.05) is 32.7 Å². The van der Waals surface area contributed by atoms with Crippen molar-refractivity contribution in [1.29, 1.82) is 0 Å². The minimum absolute atomic E-state index is 0.166. The van der Waals surface area contributed by atoms with Gasteiger partial charge < -0.3 is 23.8 Å². The van der Waals surface area contributed by atoms with Gasteiger partial charge in [0.2, 0.25) is 0 Å². The Kier molecular flexibility index (Phi) is 7.55. The molecule has 0 heterocycles. The van der Waals surface area contributed by atoms with Crippen LogP contribution in [0.15, 0.2) is 54.6 Å². The number of nitrogens with zero attached hydrogens (tertiary/aromatic N) is 1. The fourth-order valence-electron chi connectivity index (χ4n) is 3.79. The minimum atomic E-state index is 0.166. The van der Waals surface area contributed by atoms with E-state index in [0.29, 0.717) is 0 Å². The molecule has 3 rings (SSSR count). The summed E-state index contributed by atoms with van der Waals surface area (Å²) in [5.74, 6) is 1.54. The summed E-state index contributed by atoms with van der Waals surface area (Å²) in [7, 11) is 3.25. The van der Waals surface area contributed by atoms with E-state index < -0.39 is 0 Å². The first-order valence-corrected chi connectivity index (χ1v) is 10.3. The lowest BCUT2D eigenvalue weighted by atomic mass is 10.0. The van der Waals surface area contributed by atoms with E-state index in [1.54, 1.807) is 14.2 Å². The van der Waals surface area contributed by atoms with Crippen molar-refractivity contribution in [2.24, 2.45) is 0 Å². The quantitative estimate of drug-likeness (QED) is 0.376. The molecule has 0 aliphatic heterocycles. The van der Waals surface area contributed by atoms with Crippen molar-refractivity contribution in [2.45, 2.75) is 27.7 Å². The summed E-state index contributed by atoms with van der Waals surface area (Å²) in [6.07, 6.45) is 0. The minimum Gasteiger partial charge on any atom is -0.465 e. The maximum absolute atomic E-state index is 6.05. The molecule has 0 spiro atoms. The zero-order valence-corrected chi connectivity index (χ0v) is 19.2. The van der Waals surface area contributed by atoms with Crippen molar-refractivity contribution < 1.29 is 18.9 Å². The number of anilines is 3. The lowest BCUT2D eigenvalue weighted by molar-refractivity contribution is 0.0506. The normalized spacial score (nSPS) is 10.8. The largest absolute Gasteiger partial charge is 0.465 e. The summed E-state index contributed by atoms with van der Waals surface area (Å²) in [5, 5.41) is 0. The van der Waals surface area contributed by atoms with Gasteiger partial charge in [0.05, 0.1) is 11.4 Å². The van der Waals surface area contributed by atoms with Gasteiger partial charge in [0.1, 0.15) is 11.5 Å². The topological polar surface area (TPSA) is 40.2 Å². The molecule has 0 unspecified atom stereocenters. The van der Waals surface area contributed by atoms with E-state index in [4.69, 9.17) is 18.9 Å². The highest BCUT2D eigenvalue weighted by Crippen LogP contribution is 2.47. The lowest BCUT2D eigenvalue weighted by Gasteiger charge is -2.30. The van der Waals surface area contributed by atoms with Crippen LogP contribution in [0.5, 0.6) is 11.5 Å². The second kappa shape index (κ2) is 10.3. The molecule has 0 bridgehead atoms. The van der Waals surface area contributed by atoms with E-state index in [2.05, 4.69) is 69.0 Å². The van der Waals surface area contributed by atoms with Gasteiger partial charge in [-0.2, -0.15) is 0 Å². The number of aryl methyl sites for hydroxylation is 4. The van der Waals surface area contributed by atoms with Crippen LogP contribution in [0.2, 0.25) is 0 Å². The molecular weight excluding hydrogens is 390 g/mol. The number of methoxy groups -OCH3 is 2. The van der Waals surface area contributed by atoms with Gasteiger partial charge in [0.25, 0.3) is 0 Å². The number of hydrogen-bond acceptors (Lipinski definition) is 5. The number of ether oxygens (including phenoxy) is 4. The molecule has 3 aromatic rings. The molecule has 0 aromatic heterocycles. The highest BCUT2D eigenvalue weighted by molar-refractivity contribution is 5.85. The summed E-state index contributed by atoms with van der Waals surface area (Å²) < 4.78 is 22.5. The lowest BCUT2D eigenvalue weighted by Crippen LogP contribution is -2.16. The van der Waals surface area contributed by atoms with E-state index in [0.717, 1.165) is 50.8 Å². The SMILES string of the molecule is COCOc1c(C)cc(C)cc1N(c1ccccc1)c1cc(C)cc(C)c1OCOC. The first kappa shape index (κ1) is 22.7. The monoisotopic (exact) mass is 421 g/mol. The number of hydrogen-bond donors (Lipinski definition) is 0. The molecule has 0 aliphatic rings. The van der Waals surface area contributed by atoms with Crippen LogP contribution < -0.4 is 14.4 Å². The molecule has 0 amide bonds. The number of rotatable bonds is 9. The first-order valence-electron chi connectivity index (χ1n) is 10.3. The van der Waals surface area contributed by atoms with Crippen LogP contribution in [0.1, 0.15) is 22.3 Å². The molecule has 0 saturated carbocycles. The van der Waals surface area contributed by atoms with Gasteiger partial charge in [-0.3, -0.25) is 0 Å². The summed E-state index contributed by atoms with van der Waals surface area (Å²) >= 11 is 0. The molecule has 0 aliphatic carbocycles. The Morgan fingerprint density at radius 3 is 1.52 bits per heavy atom. The molecule has 31 heavy (non-hydrogen) atoms. The number of benzene rings is 3. The van der Waals surface area contributed by atoms with Crippen molar-refractivity contribution >= 4 is 17.1 Å². The highest BCUT2D eigenvalue weighted by Gasteiger charge is 2.23. The van der Waals surface area contributed by atoms with E-state index in [1.807, 2.05) is 18.2 Å². The Morgan fingerprint density at radius 1 is 0.645 bits per heavy atom. The van der Waals surface area contributed by atoms with Crippen LogP contribution in [0.4, 0.5) is 17.1 Å². The third-order valence-corrected chi connectivity index (χ3v) is 4.94. The van der Waals surface area contributed by atoms with E-state index in [-0.39, 0.29) is 13.6 Å². The average molecular weight is 422 g/mol. The molecule has 0 atom stereocenters. The van der Waals surface area contributed by atoms with Crippen LogP contribution >= 0.6 is 0 Å². The Morgan fingerprint density at radius 2 is 1.10 bits per heavy atom. The van der Waals surface area contributed by atoms with Crippen molar-refractivity contribution in [3.05, 3.63) is 76.9 Å². The van der Waals surface area contributed by atoms with Crippen LogP contribution in [0.25, 0.3) is 0 Å². The van der Waals surface area contributed by atoms with Crippen LogP contribution in [0, 0.1) is 27.7 Å². The molecule has 3 aromatic carbocycles. The summed E-state index contributed by atoms with van der Waals surface area (Å²) in [5.41, 5.74) is 7.21. The molecule has 0 saturated heterocycles. The van der Waals surface area contributed by atoms with Gasteiger partial charge in [-0.15, -0.1) is 0 Å². The Balaban J connectivity index is 2.31. The standard InChI is InChI=1S/C26H31NO4/c1-18-12-20(3)25(30-16-28-5)23(14-18)27(22-10-8-7-9-11-22)24-15-19(2)13-21(4)26(24)31-17-29-6/h7-15H,16-17H2,1-6H3. The molecule has 164 valence electrons. The predicted octanol–water partition coefficient (Wildman–Crippen LogP) is 6.36. The van der Waals surface area contributed by atoms with E-state index >= 15 is 0 Å². The summed E-state index contributed by atoms with van der Waals surface area (Å²) in [6.45, 7) is 8.61. The molecule has 5 nitrogen and oxygen atoms in total. The molecule has 0 N–H and O–H groups in total. The fraction of sp³-hybridized carbons (Fsp3) is 0.308. The number of para-hydroxylation sites is 1. The Bertz CT molecular complexity index is 954. The van der Waals surface area contributed by atoms with Crippen molar-refractivity contribution in [3.63, 3.8) is 0 Å². The van der Waals surface area contributed by atoms with Gasteiger partial charge in [0, 0.05) is 19.9 Å². The Hall–Kier alpha value is -3.02. The second-order valence-corrected chi connectivity index (χ2v) is 7.63. The van der Waals surface area contributed by atoms with Gasteiger partial charge >= 0.3 is 0 Å². The zero-order chi connectivity index (χ0) is 22.4. The maximum Gasteiger partial charge on any atom is 0.188 e. The third kappa shape index (κ3) is 5.19. The molecule has 5 heteroatoms.